The number of pyridine rings is 1. The Bertz CT molecular complexity index is 326. The van der Waals surface area contributed by atoms with E-state index in [1.165, 1.54) is 30.5 Å². The Morgan fingerprint density at radius 2 is 2.07 bits per heavy atom. The van der Waals surface area contributed by atoms with Crippen LogP contribution in [0.25, 0.3) is 0 Å². The van der Waals surface area contributed by atoms with Crippen molar-refractivity contribution in [2.24, 2.45) is 5.92 Å². The molecule has 1 heteroatoms. The predicted molar refractivity (Wildman–Crippen MR) is 59.5 cm³/mol. The Morgan fingerprint density at radius 1 is 1.36 bits per heavy atom. The fourth-order valence-electron chi connectivity index (χ4n) is 2.20. The van der Waals surface area contributed by atoms with E-state index in [0.29, 0.717) is 5.92 Å². The Labute approximate surface area is 86.6 Å². The lowest BCUT2D eigenvalue weighted by molar-refractivity contribution is 0.613. The number of rotatable bonds is 3. The van der Waals surface area contributed by atoms with Gasteiger partial charge in [0.2, 0.25) is 0 Å². The maximum Gasteiger partial charge on any atom is 0.0410 e. The minimum Gasteiger partial charge on any atom is -0.258 e. The van der Waals surface area contributed by atoms with E-state index in [4.69, 9.17) is 0 Å². The second kappa shape index (κ2) is 3.72. The van der Waals surface area contributed by atoms with Crippen molar-refractivity contribution in [3.8, 4) is 0 Å². The molecule has 1 aliphatic carbocycles. The van der Waals surface area contributed by atoms with Crippen LogP contribution >= 0.6 is 0 Å². The summed E-state index contributed by atoms with van der Waals surface area (Å²) in [6.07, 6.45) is 4.25. The van der Waals surface area contributed by atoms with Gasteiger partial charge in [-0.1, -0.05) is 25.8 Å². The molecular formula is C13H19N. The lowest BCUT2D eigenvalue weighted by Crippen LogP contribution is -2.00. The fraction of sp³-hybridized carbons (Fsp3) is 0.615. The lowest BCUT2D eigenvalue weighted by Gasteiger charge is -2.13. The zero-order valence-corrected chi connectivity index (χ0v) is 9.38. The van der Waals surface area contributed by atoms with Crippen molar-refractivity contribution in [2.45, 2.75) is 46.0 Å². The molecule has 1 nitrogen and oxygen atoms in total. The Balaban J connectivity index is 2.13. The van der Waals surface area contributed by atoms with Gasteiger partial charge >= 0.3 is 0 Å². The van der Waals surface area contributed by atoms with Crippen LogP contribution in [0.5, 0.6) is 0 Å². The number of aromatic nitrogens is 1. The van der Waals surface area contributed by atoms with E-state index >= 15 is 0 Å². The number of nitrogens with zero attached hydrogens (tertiary/aromatic N) is 1. The molecule has 0 amide bonds. The van der Waals surface area contributed by atoms with E-state index in [1.54, 1.807) is 0 Å². The summed E-state index contributed by atoms with van der Waals surface area (Å²) in [7, 11) is 0. The Hall–Kier alpha value is -0.850. The average molecular weight is 189 g/mol. The minimum absolute atomic E-state index is 0.690. The molecule has 0 saturated heterocycles. The molecule has 1 aliphatic rings. The Kier molecular flexibility index (Phi) is 2.58. The summed E-state index contributed by atoms with van der Waals surface area (Å²) in [5.41, 5.74) is 3.80. The van der Waals surface area contributed by atoms with Gasteiger partial charge in [0.1, 0.15) is 0 Å². The number of hydrogen-bond acceptors (Lipinski definition) is 1. The largest absolute Gasteiger partial charge is 0.258 e. The molecule has 14 heavy (non-hydrogen) atoms. The first-order valence-electron chi connectivity index (χ1n) is 5.61. The Morgan fingerprint density at radius 3 is 2.64 bits per heavy atom. The maximum atomic E-state index is 4.52. The summed E-state index contributed by atoms with van der Waals surface area (Å²) in [5, 5.41) is 0. The summed E-state index contributed by atoms with van der Waals surface area (Å²) >= 11 is 0. The summed E-state index contributed by atoms with van der Waals surface area (Å²) < 4.78 is 0. The molecule has 1 unspecified atom stereocenters. The highest BCUT2D eigenvalue weighted by molar-refractivity contribution is 5.25. The smallest absolute Gasteiger partial charge is 0.0410 e. The van der Waals surface area contributed by atoms with E-state index in [9.17, 15) is 0 Å². The summed E-state index contributed by atoms with van der Waals surface area (Å²) in [6.45, 7) is 6.52. The van der Waals surface area contributed by atoms with E-state index < -0.39 is 0 Å². The molecule has 2 rings (SSSR count). The summed E-state index contributed by atoms with van der Waals surface area (Å²) in [5.74, 6) is 1.70. The van der Waals surface area contributed by atoms with Crippen LogP contribution in [-0.4, -0.2) is 4.98 Å². The molecule has 0 spiro atoms. The third kappa shape index (κ3) is 2.14. The first-order chi connectivity index (χ1) is 6.66. The van der Waals surface area contributed by atoms with E-state index in [2.05, 4.69) is 37.9 Å². The molecule has 0 aliphatic heterocycles. The average Bonchev–Trinajstić information content (AvgIpc) is 2.87. The van der Waals surface area contributed by atoms with E-state index in [1.807, 2.05) is 0 Å². The molecule has 0 radical (unpaired) electrons. The molecule has 1 heterocycles. The van der Waals surface area contributed by atoms with Crippen molar-refractivity contribution in [1.82, 2.24) is 4.98 Å². The monoisotopic (exact) mass is 189 g/mol. The van der Waals surface area contributed by atoms with E-state index in [-0.39, 0.29) is 0 Å². The topological polar surface area (TPSA) is 12.9 Å². The second-order valence-corrected chi connectivity index (χ2v) is 4.71. The lowest BCUT2D eigenvalue weighted by atomic mass is 9.94. The molecular weight excluding hydrogens is 170 g/mol. The van der Waals surface area contributed by atoms with Gasteiger partial charge in [0, 0.05) is 11.4 Å². The SMILES string of the molecule is Cc1ccc(C(C)CC2CC2)c(C)n1. The molecule has 1 fully saturated rings. The number of aryl methyl sites for hydroxylation is 2. The standard InChI is InChI=1S/C13H19N/c1-9(8-12-5-6-12)13-7-4-10(2)14-11(13)3/h4,7,9,12H,5-6,8H2,1-3H3. The molecule has 0 N–H and O–H groups in total. The van der Waals surface area contributed by atoms with Crippen molar-refractivity contribution in [2.75, 3.05) is 0 Å². The molecule has 0 aromatic carbocycles. The highest BCUT2D eigenvalue weighted by Gasteiger charge is 2.24. The van der Waals surface area contributed by atoms with Crippen LogP contribution in [0.15, 0.2) is 12.1 Å². The third-order valence-electron chi connectivity index (χ3n) is 3.18. The van der Waals surface area contributed by atoms with Gasteiger partial charge in [-0.3, -0.25) is 4.98 Å². The maximum absolute atomic E-state index is 4.52. The molecule has 1 aromatic rings. The van der Waals surface area contributed by atoms with Crippen LogP contribution in [0.3, 0.4) is 0 Å². The summed E-state index contributed by atoms with van der Waals surface area (Å²) in [4.78, 5) is 4.52. The van der Waals surface area contributed by atoms with Crippen LogP contribution in [0.2, 0.25) is 0 Å². The molecule has 76 valence electrons. The zero-order valence-electron chi connectivity index (χ0n) is 9.38. The van der Waals surface area contributed by atoms with Crippen molar-refractivity contribution in [3.63, 3.8) is 0 Å². The first-order valence-corrected chi connectivity index (χ1v) is 5.61. The van der Waals surface area contributed by atoms with Crippen LogP contribution < -0.4 is 0 Å². The van der Waals surface area contributed by atoms with Gasteiger partial charge in [0.15, 0.2) is 0 Å². The number of hydrogen-bond donors (Lipinski definition) is 0. The van der Waals surface area contributed by atoms with Gasteiger partial charge in [-0.2, -0.15) is 0 Å². The molecule has 0 bridgehead atoms. The highest BCUT2D eigenvalue weighted by Crippen LogP contribution is 2.38. The summed E-state index contributed by atoms with van der Waals surface area (Å²) in [6, 6.07) is 4.39. The fourth-order valence-corrected chi connectivity index (χ4v) is 2.20. The molecule has 1 atom stereocenters. The van der Waals surface area contributed by atoms with Crippen LogP contribution in [-0.2, 0) is 0 Å². The molecule has 1 aromatic heterocycles. The first kappa shape index (κ1) is 9.70. The van der Waals surface area contributed by atoms with Gasteiger partial charge in [-0.15, -0.1) is 0 Å². The van der Waals surface area contributed by atoms with Crippen molar-refractivity contribution in [3.05, 3.63) is 29.1 Å². The van der Waals surface area contributed by atoms with Crippen molar-refractivity contribution < 1.29 is 0 Å². The van der Waals surface area contributed by atoms with Gasteiger partial charge in [-0.05, 0) is 43.7 Å². The van der Waals surface area contributed by atoms with Gasteiger partial charge < -0.3 is 0 Å². The normalized spacial score (nSPS) is 18.2. The highest BCUT2D eigenvalue weighted by atomic mass is 14.7. The zero-order chi connectivity index (χ0) is 10.1. The van der Waals surface area contributed by atoms with Gasteiger partial charge in [0.05, 0.1) is 0 Å². The van der Waals surface area contributed by atoms with Crippen molar-refractivity contribution >= 4 is 0 Å². The second-order valence-electron chi connectivity index (χ2n) is 4.71. The predicted octanol–water partition coefficient (Wildman–Crippen LogP) is 3.60. The van der Waals surface area contributed by atoms with Gasteiger partial charge in [-0.25, -0.2) is 0 Å². The van der Waals surface area contributed by atoms with Crippen molar-refractivity contribution in [1.29, 1.82) is 0 Å². The third-order valence-corrected chi connectivity index (χ3v) is 3.18. The minimum atomic E-state index is 0.690. The van der Waals surface area contributed by atoms with Crippen LogP contribution in [0.1, 0.15) is 49.1 Å². The molecule has 1 saturated carbocycles. The van der Waals surface area contributed by atoms with Gasteiger partial charge in [0.25, 0.3) is 0 Å². The van der Waals surface area contributed by atoms with E-state index in [0.717, 1.165) is 11.6 Å². The van der Waals surface area contributed by atoms with Crippen LogP contribution in [0.4, 0.5) is 0 Å². The van der Waals surface area contributed by atoms with Crippen LogP contribution in [0, 0.1) is 19.8 Å². The quantitative estimate of drug-likeness (QED) is 0.708.